The van der Waals surface area contributed by atoms with Gasteiger partial charge in [-0.25, -0.2) is 8.42 Å². The van der Waals surface area contributed by atoms with E-state index in [1.54, 1.807) is 12.1 Å². The predicted octanol–water partition coefficient (Wildman–Crippen LogP) is 1.91. The summed E-state index contributed by atoms with van der Waals surface area (Å²) in [5.41, 5.74) is 6.43. The lowest BCUT2D eigenvalue weighted by atomic mass is 10.2. The van der Waals surface area contributed by atoms with Crippen molar-refractivity contribution in [1.29, 1.82) is 0 Å². The van der Waals surface area contributed by atoms with Crippen LogP contribution in [0.1, 0.15) is 19.4 Å². The minimum atomic E-state index is -4.64. The summed E-state index contributed by atoms with van der Waals surface area (Å²) in [7, 11) is -4.64. The third-order valence-electron chi connectivity index (χ3n) is 2.39. The Morgan fingerprint density at radius 3 is 2.06 bits per heavy atom. The largest absolute Gasteiger partial charge is 0.355 e. The van der Waals surface area contributed by atoms with E-state index < -0.39 is 21.8 Å². The zero-order valence-corrected chi connectivity index (χ0v) is 11.0. The first-order chi connectivity index (χ1) is 8.30. The summed E-state index contributed by atoms with van der Waals surface area (Å²) in [5, 5.41) is 0. The molecule has 1 aromatic rings. The van der Waals surface area contributed by atoms with Crippen molar-refractivity contribution in [3.63, 3.8) is 0 Å². The number of benzene rings is 1. The molecule has 0 unspecified atom stereocenters. The van der Waals surface area contributed by atoms with Crippen LogP contribution in [0.4, 0.5) is 14.5 Å². The van der Waals surface area contributed by atoms with Crippen molar-refractivity contribution in [3.05, 3.63) is 29.8 Å². The minimum Gasteiger partial charge on any atom is -0.326 e. The number of hydrogen-bond acceptors (Lipinski definition) is 3. The molecule has 2 N–H and O–H groups in total. The molecule has 0 saturated heterocycles. The van der Waals surface area contributed by atoms with E-state index in [0.717, 1.165) is 9.87 Å². The zero-order valence-electron chi connectivity index (χ0n) is 10.2. The van der Waals surface area contributed by atoms with E-state index in [0.29, 0.717) is 6.54 Å². The number of anilines is 1. The van der Waals surface area contributed by atoms with E-state index in [9.17, 15) is 17.2 Å². The fraction of sp³-hybridized carbons (Fsp3) is 0.455. The average Bonchev–Trinajstić information content (AvgIpc) is 2.29. The van der Waals surface area contributed by atoms with E-state index in [-0.39, 0.29) is 5.69 Å². The average molecular weight is 278 g/mol. The van der Waals surface area contributed by atoms with E-state index >= 15 is 0 Å². The molecule has 102 valence electrons. The predicted molar refractivity (Wildman–Crippen MR) is 66.9 cm³/mol. The molecule has 0 aliphatic heterocycles. The highest BCUT2D eigenvalue weighted by Crippen LogP contribution is 2.25. The molecule has 0 atom stereocenters. The molecule has 1 aromatic carbocycles. The van der Waals surface area contributed by atoms with Gasteiger partial charge in [-0.05, 0) is 31.5 Å². The second kappa shape index (κ2) is 5.62. The number of alkyl halides is 2. The van der Waals surface area contributed by atoms with Gasteiger partial charge in [0.25, 0.3) is 10.0 Å². The molecule has 18 heavy (non-hydrogen) atoms. The normalized spacial score (nSPS) is 12.2. The van der Waals surface area contributed by atoms with Crippen LogP contribution in [0, 0.1) is 0 Å². The van der Waals surface area contributed by atoms with E-state index in [2.05, 4.69) is 0 Å². The van der Waals surface area contributed by atoms with Crippen molar-refractivity contribution < 1.29 is 17.2 Å². The highest BCUT2D eigenvalue weighted by molar-refractivity contribution is 7.93. The topological polar surface area (TPSA) is 63.4 Å². The first-order valence-electron chi connectivity index (χ1n) is 5.41. The fourth-order valence-electron chi connectivity index (χ4n) is 1.60. The van der Waals surface area contributed by atoms with Gasteiger partial charge in [-0.15, -0.1) is 0 Å². The van der Waals surface area contributed by atoms with Gasteiger partial charge in [0.1, 0.15) is 0 Å². The van der Waals surface area contributed by atoms with Crippen LogP contribution in [-0.4, -0.2) is 20.2 Å². The van der Waals surface area contributed by atoms with Crippen molar-refractivity contribution in [2.75, 3.05) is 4.31 Å². The first-order valence-corrected chi connectivity index (χ1v) is 6.91. The molecule has 0 spiro atoms. The quantitative estimate of drug-likeness (QED) is 0.895. The van der Waals surface area contributed by atoms with Gasteiger partial charge in [0.05, 0.1) is 5.69 Å². The van der Waals surface area contributed by atoms with Gasteiger partial charge in [0.2, 0.25) is 0 Å². The van der Waals surface area contributed by atoms with Gasteiger partial charge in [0, 0.05) is 12.6 Å². The molecule has 0 saturated carbocycles. The molecule has 0 bridgehead atoms. The smallest absolute Gasteiger partial charge is 0.326 e. The minimum absolute atomic E-state index is 0.211. The Morgan fingerprint density at radius 1 is 1.22 bits per heavy atom. The molecule has 0 fully saturated rings. The zero-order chi connectivity index (χ0) is 13.9. The van der Waals surface area contributed by atoms with Gasteiger partial charge in [0.15, 0.2) is 0 Å². The molecule has 0 radical (unpaired) electrons. The molecule has 7 heteroatoms. The molecule has 0 heterocycles. The number of sulfonamides is 1. The van der Waals surface area contributed by atoms with Crippen LogP contribution in [0.3, 0.4) is 0 Å². The number of rotatable bonds is 5. The Hall–Kier alpha value is -1.21. The van der Waals surface area contributed by atoms with Crippen molar-refractivity contribution in [2.24, 2.45) is 5.73 Å². The Balaban J connectivity index is 3.21. The molecule has 0 amide bonds. The standard InChI is InChI=1S/C11H16F2N2O2S/c1-8(2)15(18(16,17)11(12)13)10-5-3-9(7-14)4-6-10/h3-6,8,11H,7,14H2,1-2H3. The van der Waals surface area contributed by atoms with Gasteiger partial charge in [-0.3, -0.25) is 4.31 Å². The van der Waals surface area contributed by atoms with Crippen LogP contribution in [-0.2, 0) is 16.6 Å². The summed E-state index contributed by atoms with van der Waals surface area (Å²) in [6.45, 7) is 3.39. The van der Waals surface area contributed by atoms with Crippen LogP contribution in [0.15, 0.2) is 24.3 Å². The maximum Gasteiger partial charge on any atom is 0.355 e. The highest BCUT2D eigenvalue weighted by Gasteiger charge is 2.34. The van der Waals surface area contributed by atoms with Gasteiger partial charge < -0.3 is 5.73 Å². The molecule has 0 aliphatic rings. The number of nitrogens with two attached hydrogens (primary N) is 1. The molecular weight excluding hydrogens is 262 g/mol. The van der Waals surface area contributed by atoms with E-state index in [4.69, 9.17) is 5.73 Å². The Morgan fingerprint density at radius 2 is 1.72 bits per heavy atom. The second-order valence-corrected chi connectivity index (χ2v) is 5.85. The summed E-state index contributed by atoms with van der Waals surface area (Å²) in [6.07, 6.45) is 0. The molecular formula is C11H16F2N2O2S. The van der Waals surface area contributed by atoms with Crippen LogP contribution in [0.2, 0.25) is 0 Å². The summed E-state index contributed by atoms with van der Waals surface area (Å²) >= 11 is 0. The van der Waals surface area contributed by atoms with Crippen LogP contribution in [0.5, 0.6) is 0 Å². The Bertz CT molecular complexity index is 486. The first kappa shape index (κ1) is 14.8. The fourth-order valence-corrected chi connectivity index (χ4v) is 2.78. The summed E-state index contributed by atoms with van der Waals surface area (Å²) in [6, 6.07) is 5.59. The molecule has 0 aliphatic carbocycles. The van der Waals surface area contributed by atoms with Crippen molar-refractivity contribution in [1.82, 2.24) is 0 Å². The maximum atomic E-state index is 12.6. The van der Waals surface area contributed by atoms with Crippen molar-refractivity contribution in [2.45, 2.75) is 32.2 Å². The number of hydrogen-bond donors (Lipinski definition) is 1. The van der Waals surface area contributed by atoms with Crippen molar-refractivity contribution in [3.8, 4) is 0 Å². The van der Waals surface area contributed by atoms with Crippen molar-refractivity contribution >= 4 is 15.7 Å². The highest BCUT2D eigenvalue weighted by atomic mass is 32.2. The Labute approximate surface area is 105 Å². The van der Waals surface area contributed by atoms with Crippen LogP contribution >= 0.6 is 0 Å². The van der Waals surface area contributed by atoms with Crippen LogP contribution < -0.4 is 10.0 Å². The lowest BCUT2D eigenvalue weighted by Crippen LogP contribution is -2.40. The second-order valence-electron chi connectivity index (χ2n) is 4.07. The van der Waals surface area contributed by atoms with Crippen LogP contribution in [0.25, 0.3) is 0 Å². The van der Waals surface area contributed by atoms with Gasteiger partial charge >= 0.3 is 5.76 Å². The molecule has 1 rings (SSSR count). The lowest BCUT2D eigenvalue weighted by Gasteiger charge is -2.27. The maximum absolute atomic E-state index is 12.6. The number of nitrogens with zero attached hydrogens (tertiary/aromatic N) is 1. The third-order valence-corrected chi connectivity index (χ3v) is 4.03. The Kier molecular flexibility index (Phi) is 4.64. The van der Waals surface area contributed by atoms with Gasteiger partial charge in [-0.1, -0.05) is 12.1 Å². The summed E-state index contributed by atoms with van der Waals surface area (Å²) in [4.78, 5) is 0. The summed E-state index contributed by atoms with van der Waals surface area (Å²) < 4.78 is 49.1. The number of halogens is 2. The lowest BCUT2D eigenvalue weighted by molar-refractivity contribution is 0.233. The third kappa shape index (κ3) is 2.97. The monoisotopic (exact) mass is 278 g/mol. The SMILES string of the molecule is CC(C)N(c1ccc(CN)cc1)S(=O)(=O)C(F)F. The van der Waals surface area contributed by atoms with E-state index in [1.807, 2.05) is 0 Å². The summed E-state index contributed by atoms with van der Waals surface area (Å²) in [5.74, 6) is -3.44. The van der Waals surface area contributed by atoms with Gasteiger partial charge in [-0.2, -0.15) is 8.78 Å². The molecule has 4 nitrogen and oxygen atoms in total. The molecule has 0 aromatic heterocycles. The van der Waals surface area contributed by atoms with E-state index in [1.165, 1.54) is 26.0 Å².